The van der Waals surface area contributed by atoms with Crippen LogP contribution in [0.25, 0.3) is 0 Å². The summed E-state index contributed by atoms with van der Waals surface area (Å²) in [5.74, 6) is 0.744. The van der Waals surface area contributed by atoms with Crippen molar-refractivity contribution < 1.29 is 4.79 Å². The largest absolute Gasteiger partial charge is 0.341 e. The monoisotopic (exact) mass is 226 g/mol. The van der Waals surface area contributed by atoms with Gasteiger partial charge < -0.3 is 10.6 Å². The molecule has 1 saturated heterocycles. The van der Waals surface area contributed by atoms with E-state index >= 15 is 0 Å². The van der Waals surface area contributed by atoms with Crippen molar-refractivity contribution in [3.63, 3.8) is 0 Å². The summed E-state index contributed by atoms with van der Waals surface area (Å²) in [5, 5.41) is 0. The van der Waals surface area contributed by atoms with Crippen LogP contribution in [0.3, 0.4) is 0 Å². The highest BCUT2D eigenvalue weighted by molar-refractivity contribution is 5.76. The zero-order valence-corrected chi connectivity index (χ0v) is 11.1. The van der Waals surface area contributed by atoms with Crippen LogP contribution in [0.15, 0.2) is 0 Å². The van der Waals surface area contributed by atoms with Crippen LogP contribution < -0.4 is 5.73 Å². The number of carbonyl (C=O) groups is 1. The Morgan fingerprint density at radius 3 is 2.56 bits per heavy atom. The molecule has 1 unspecified atom stereocenters. The van der Waals surface area contributed by atoms with Crippen LogP contribution >= 0.6 is 0 Å². The van der Waals surface area contributed by atoms with Gasteiger partial charge in [-0.2, -0.15) is 0 Å². The number of nitrogens with zero attached hydrogens (tertiary/aromatic N) is 1. The van der Waals surface area contributed by atoms with Crippen LogP contribution in [-0.4, -0.2) is 29.9 Å². The van der Waals surface area contributed by atoms with E-state index in [9.17, 15) is 4.79 Å². The topological polar surface area (TPSA) is 46.3 Å². The average Bonchev–Trinajstić information content (AvgIpc) is 2.47. The Labute approximate surface area is 99.4 Å². The van der Waals surface area contributed by atoms with Gasteiger partial charge in [0.1, 0.15) is 0 Å². The van der Waals surface area contributed by atoms with E-state index in [2.05, 4.69) is 27.7 Å². The number of hydrogen-bond acceptors (Lipinski definition) is 2. The summed E-state index contributed by atoms with van der Waals surface area (Å²) in [6.45, 7) is 10.4. The summed E-state index contributed by atoms with van der Waals surface area (Å²) in [6, 6.07) is 0.196. The van der Waals surface area contributed by atoms with Crippen molar-refractivity contribution >= 4 is 5.91 Å². The maximum atomic E-state index is 12.0. The van der Waals surface area contributed by atoms with Crippen molar-refractivity contribution in [3.05, 3.63) is 0 Å². The van der Waals surface area contributed by atoms with Crippen molar-refractivity contribution in [3.8, 4) is 0 Å². The van der Waals surface area contributed by atoms with Crippen molar-refractivity contribution in [2.75, 3.05) is 13.1 Å². The zero-order chi connectivity index (χ0) is 12.3. The summed E-state index contributed by atoms with van der Waals surface area (Å²) in [5.41, 5.74) is 6.11. The van der Waals surface area contributed by atoms with Gasteiger partial charge in [-0.05, 0) is 24.2 Å². The van der Waals surface area contributed by atoms with Gasteiger partial charge in [-0.1, -0.05) is 27.7 Å². The van der Waals surface area contributed by atoms with Crippen LogP contribution in [0, 0.1) is 11.3 Å². The number of carbonyl (C=O) groups excluding carboxylic acids is 1. The molecule has 1 aliphatic heterocycles. The van der Waals surface area contributed by atoms with Crippen molar-refractivity contribution in [2.45, 2.75) is 53.0 Å². The molecule has 94 valence electrons. The minimum atomic E-state index is 0.196. The first-order valence-corrected chi connectivity index (χ1v) is 6.31. The molecule has 0 aliphatic carbocycles. The molecule has 16 heavy (non-hydrogen) atoms. The molecule has 2 N–H and O–H groups in total. The summed E-state index contributed by atoms with van der Waals surface area (Å²) in [7, 11) is 0. The Hall–Kier alpha value is -0.570. The van der Waals surface area contributed by atoms with Gasteiger partial charge in [-0.15, -0.1) is 0 Å². The first-order chi connectivity index (χ1) is 7.28. The highest BCUT2D eigenvalue weighted by Crippen LogP contribution is 2.26. The van der Waals surface area contributed by atoms with Gasteiger partial charge in [-0.25, -0.2) is 0 Å². The number of nitrogens with two attached hydrogens (primary N) is 1. The van der Waals surface area contributed by atoms with Crippen LogP contribution in [-0.2, 0) is 4.79 Å². The fourth-order valence-electron chi connectivity index (χ4n) is 2.56. The summed E-state index contributed by atoms with van der Waals surface area (Å²) < 4.78 is 0. The third-order valence-corrected chi connectivity index (χ3v) is 3.06. The fourth-order valence-corrected chi connectivity index (χ4v) is 2.56. The Kier molecular flexibility index (Phi) is 4.36. The lowest BCUT2D eigenvalue weighted by Crippen LogP contribution is -2.33. The second-order valence-electron chi connectivity index (χ2n) is 6.46. The van der Waals surface area contributed by atoms with E-state index in [0.29, 0.717) is 17.8 Å². The van der Waals surface area contributed by atoms with E-state index in [0.717, 1.165) is 25.9 Å². The number of amides is 1. The number of likely N-dealkylation sites (tertiary alicyclic amines) is 1. The molecular weight excluding hydrogens is 200 g/mol. The standard InChI is InChI=1S/C13H26N2O/c1-10(8-13(2,3)4)7-12(16)15-6-5-11(14)9-15/h10-11H,5-9,14H2,1-4H3/t10?,11-/m0/s1. The maximum absolute atomic E-state index is 12.0. The third-order valence-electron chi connectivity index (χ3n) is 3.06. The molecule has 0 radical (unpaired) electrons. The molecule has 1 fully saturated rings. The molecule has 0 aromatic carbocycles. The van der Waals surface area contributed by atoms with E-state index in [1.54, 1.807) is 0 Å². The Morgan fingerprint density at radius 1 is 1.50 bits per heavy atom. The molecule has 3 nitrogen and oxygen atoms in total. The summed E-state index contributed by atoms with van der Waals surface area (Å²) >= 11 is 0. The second kappa shape index (κ2) is 5.17. The smallest absolute Gasteiger partial charge is 0.222 e. The van der Waals surface area contributed by atoms with Gasteiger partial charge in [-0.3, -0.25) is 4.79 Å². The first-order valence-electron chi connectivity index (χ1n) is 6.31. The van der Waals surface area contributed by atoms with Gasteiger partial charge in [0.05, 0.1) is 0 Å². The predicted octanol–water partition coefficient (Wildman–Crippen LogP) is 2.01. The van der Waals surface area contributed by atoms with Crippen molar-refractivity contribution in [2.24, 2.45) is 17.1 Å². The van der Waals surface area contributed by atoms with E-state index < -0.39 is 0 Å². The average molecular weight is 226 g/mol. The first kappa shape index (κ1) is 13.5. The molecule has 0 aromatic rings. The minimum Gasteiger partial charge on any atom is -0.341 e. The molecule has 2 atom stereocenters. The molecule has 1 rings (SSSR count). The molecule has 0 aromatic heterocycles. The molecule has 1 aliphatic rings. The quantitative estimate of drug-likeness (QED) is 0.800. The minimum absolute atomic E-state index is 0.196. The lowest BCUT2D eigenvalue weighted by molar-refractivity contribution is -0.131. The van der Waals surface area contributed by atoms with E-state index in [1.165, 1.54) is 0 Å². The van der Waals surface area contributed by atoms with Crippen LogP contribution in [0.2, 0.25) is 0 Å². The molecule has 0 spiro atoms. The lowest BCUT2D eigenvalue weighted by Gasteiger charge is -2.24. The predicted molar refractivity (Wildman–Crippen MR) is 67.0 cm³/mol. The third kappa shape index (κ3) is 4.52. The van der Waals surface area contributed by atoms with Crippen LogP contribution in [0.4, 0.5) is 0 Å². The lowest BCUT2D eigenvalue weighted by atomic mass is 9.84. The fraction of sp³-hybridized carbons (Fsp3) is 0.923. The maximum Gasteiger partial charge on any atom is 0.222 e. The molecule has 0 bridgehead atoms. The van der Waals surface area contributed by atoms with Gasteiger partial charge in [0.15, 0.2) is 0 Å². The van der Waals surface area contributed by atoms with Gasteiger partial charge in [0.2, 0.25) is 5.91 Å². The number of rotatable bonds is 3. The van der Waals surface area contributed by atoms with Crippen LogP contribution in [0.5, 0.6) is 0 Å². The highest BCUT2D eigenvalue weighted by atomic mass is 16.2. The van der Waals surface area contributed by atoms with E-state index in [-0.39, 0.29) is 11.9 Å². The van der Waals surface area contributed by atoms with E-state index in [4.69, 9.17) is 5.73 Å². The molecule has 1 heterocycles. The highest BCUT2D eigenvalue weighted by Gasteiger charge is 2.25. The molecule has 3 heteroatoms. The second-order valence-corrected chi connectivity index (χ2v) is 6.46. The van der Waals surface area contributed by atoms with Crippen molar-refractivity contribution in [1.29, 1.82) is 0 Å². The molecule has 1 amide bonds. The summed E-state index contributed by atoms with van der Waals surface area (Å²) in [4.78, 5) is 13.9. The summed E-state index contributed by atoms with van der Waals surface area (Å²) in [6.07, 6.45) is 2.72. The molecular formula is C13H26N2O. The Bertz CT molecular complexity index is 245. The van der Waals surface area contributed by atoms with Gasteiger partial charge in [0, 0.05) is 25.6 Å². The SMILES string of the molecule is CC(CC(=O)N1CC[C@H](N)C1)CC(C)(C)C. The van der Waals surface area contributed by atoms with E-state index in [1.807, 2.05) is 4.90 Å². The zero-order valence-electron chi connectivity index (χ0n) is 11.1. The Morgan fingerprint density at radius 2 is 2.12 bits per heavy atom. The number of hydrogen-bond donors (Lipinski definition) is 1. The normalized spacial score (nSPS) is 23.6. The van der Waals surface area contributed by atoms with Gasteiger partial charge in [0.25, 0.3) is 0 Å². The Balaban J connectivity index is 2.34. The van der Waals surface area contributed by atoms with Gasteiger partial charge >= 0.3 is 0 Å². The molecule has 0 saturated carbocycles. The van der Waals surface area contributed by atoms with Crippen molar-refractivity contribution in [1.82, 2.24) is 4.90 Å². The van der Waals surface area contributed by atoms with Crippen LogP contribution in [0.1, 0.15) is 47.0 Å².